The highest BCUT2D eigenvalue weighted by molar-refractivity contribution is 7.89. The Morgan fingerprint density at radius 1 is 0.897 bits per heavy atom. The first-order chi connectivity index (χ1) is 13.9. The molecule has 2 aliphatic rings. The highest BCUT2D eigenvalue weighted by Gasteiger charge is 2.31. The first-order valence-electron chi connectivity index (χ1n) is 9.62. The average molecular weight is 416 g/mol. The van der Waals surface area contributed by atoms with Gasteiger partial charge in [0.2, 0.25) is 10.0 Å². The van der Waals surface area contributed by atoms with Gasteiger partial charge in [0.25, 0.3) is 5.91 Å². The molecule has 0 aromatic heterocycles. The Morgan fingerprint density at radius 3 is 2.31 bits per heavy atom. The number of hydrogen-bond donors (Lipinski definition) is 0. The number of sulfonamides is 1. The fourth-order valence-corrected chi connectivity index (χ4v) is 5.35. The van der Waals surface area contributed by atoms with E-state index in [1.807, 2.05) is 19.1 Å². The van der Waals surface area contributed by atoms with E-state index in [4.69, 9.17) is 9.47 Å². The van der Waals surface area contributed by atoms with Crippen molar-refractivity contribution in [3.8, 4) is 11.5 Å². The Morgan fingerprint density at radius 2 is 1.59 bits per heavy atom. The highest BCUT2D eigenvalue weighted by Crippen LogP contribution is 2.31. The second kappa shape index (κ2) is 7.68. The Hall–Kier alpha value is -2.58. The van der Waals surface area contributed by atoms with E-state index in [0.717, 1.165) is 11.1 Å². The second-order valence-electron chi connectivity index (χ2n) is 7.32. The summed E-state index contributed by atoms with van der Waals surface area (Å²) in [5.41, 5.74) is 2.15. The van der Waals surface area contributed by atoms with Crippen LogP contribution in [0.15, 0.2) is 41.3 Å². The average Bonchev–Trinajstić information content (AvgIpc) is 2.74. The van der Waals surface area contributed by atoms with Crippen LogP contribution in [0.1, 0.15) is 21.5 Å². The van der Waals surface area contributed by atoms with Crippen molar-refractivity contribution in [3.05, 3.63) is 53.1 Å². The molecule has 2 aliphatic heterocycles. The van der Waals surface area contributed by atoms with Crippen LogP contribution < -0.4 is 9.47 Å². The van der Waals surface area contributed by atoms with E-state index in [0.29, 0.717) is 48.3 Å². The summed E-state index contributed by atoms with van der Waals surface area (Å²) in [6.07, 6.45) is 0. The molecule has 7 nitrogen and oxygen atoms in total. The molecule has 154 valence electrons. The van der Waals surface area contributed by atoms with Gasteiger partial charge in [-0.3, -0.25) is 4.79 Å². The van der Waals surface area contributed by atoms with E-state index in [1.165, 1.54) is 4.31 Å². The van der Waals surface area contributed by atoms with E-state index in [9.17, 15) is 13.2 Å². The van der Waals surface area contributed by atoms with Gasteiger partial charge in [-0.15, -0.1) is 0 Å². The van der Waals surface area contributed by atoms with Gasteiger partial charge in [0, 0.05) is 31.7 Å². The lowest BCUT2D eigenvalue weighted by atomic mass is 10.1. The van der Waals surface area contributed by atoms with E-state index < -0.39 is 10.0 Å². The summed E-state index contributed by atoms with van der Waals surface area (Å²) in [4.78, 5) is 14.9. The molecule has 2 aromatic carbocycles. The molecule has 1 saturated heterocycles. The molecular formula is C21H24N2O5S. The normalized spacial score (nSPS) is 17.2. The zero-order valence-electron chi connectivity index (χ0n) is 16.6. The number of carbonyl (C=O) groups excluding carboxylic acids is 1. The van der Waals surface area contributed by atoms with Crippen molar-refractivity contribution in [2.75, 3.05) is 39.4 Å². The van der Waals surface area contributed by atoms with Gasteiger partial charge in [0.15, 0.2) is 11.5 Å². The number of benzene rings is 2. The van der Waals surface area contributed by atoms with Gasteiger partial charge in [-0.25, -0.2) is 8.42 Å². The smallest absolute Gasteiger partial charge is 0.254 e. The van der Waals surface area contributed by atoms with Gasteiger partial charge in [0.05, 0.1) is 4.90 Å². The molecular weight excluding hydrogens is 392 g/mol. The van der Waals surface area contributed by atoms with Gasteiger partial charge in [-0.05, 0) is 49.2 Å². The van der Waals surface area contributed by atoms with Crippen LogP contribution in [-0.2, 0) is 10.0 Å². The fourth-order valence-electron chi connectivity index (χ4n) is 3.61. The maximum absolute atomic E-state index is 13.1. The Kier molecular flexibility index (Phi) is 5.23. The predicted octanol–water partition coefficient (Wildman–Crippen LogP) is 2.22. The largest absolute Gasteiger partial charge is 0.486 e. The van der Waals surface area contributed by atoms with Gasteiger partial charge in [-0.2, -0.15) is 4.31 Å². The molecule has 2 heterocycles. The van der Waals surface area contributed by atoms with Crippen LogP contribution in [0.25, 0.3) is 0 Å². The van der Waals surface area contributed by atoms with Crippen LogP contribution in [0.5, 0.6) is 11.5 Å². The van der Waals surface area contributed by atoms with Crippen molar-refractivity contribution in [3.63, 3.8) is 0 Å². The van der Waals surface area contributed by atoms with Crippen LogP contribution >= 0.6 is 0 Å². The summed E-state index contributed by atoms with van der Waals surface area (Å²) < 4.78 is 38.6. The summed E-state index contributed by atoms with van der Waals surface area (Å²) in [6, 6.07) is 10.6. The minimum Gasteiger partial charge on any atom is -0.486 e. The third-order valence-corrected chi connectivity index (χ3v) is 7.32. The molecule has 0 saturated carbocycles. The lowest BCUT2D eigenvalue weighted by molar-refractivity contribution is 0.0696. The van der Waals surface area contributed by atoms with Crippen molar-refractivity contribution in [1.82, 2.24) is 9.21 Å². The number of fused-ring (bicyclic) bond motifs is 1. The van der Waals surface area contributed by atoms with Gasteiger partial charge in [0.1, 0.15) is 13.2 Å². The molecule has 1 fully saturated rings. The SMILES string of the molecule is Cc1ccc(C)c(S(=O)(=O)N2CCN(C(=O)c3ccc4c(c3)OCCO4)CC2)c1. The number of piperazine rings is 1. The number of aryl methyl sites for hydroxylation is 2. The van der Waals surface area contributed by atoms with Crippen LogP contribution in [0.3, 0.4) is 0 Å². The maximum Gasteiger partial charge on any atom is 0.254 e. The van der Waals surface area contributed by atoms with Gasteiger partial charge < -0.3 is 14.4 Å². The lowest BCUT2D eigenvalue weighted by Gasteiger charge is -2.34. The molecule has 1 amide bonds. The lowest BCUT2D eigenvalue weighted by Crippen LogP contribution is -2.50. The van der Waals surface area contributed by atoms with E-state index in [1.54, 1.807) is 36.1 Å². The minimum atomic E-state index is -3.58. The van der Waals surface area contributed by atoms with Crippen molar-refractivity contribution >= 4 is 15.9 Å². The number of rotatable bonds is 3. The first-order valence-corrected chi connectivity index (χ1v) is 11.1. The van der Waals surface area contributed by atoms with E-state index >= 15 is 0 Å². The predicted molar refractivity (Wildman–Crippen MR) is 108 cm³/mol. The summed E-state index contributed by atoms with van der Waals surface area (Å²) in [5.74, 6) is 1.07. The van der Waals surface area contributed by atoms with Crippen LogP contribution in [0.4, 0.5) is 0 Å². The fraction of sp³-hybridized carbons (Fsp3) is 0.381. The van der Waals surface area contributed by atoms with Gasteiger partial charge >= 0.3 is 0 Å². The monoisotopic (exact) mass is 416 g/mol. The van der Waals surface area contributed by atoms with Crippen LogP contribution in [-0.4, -0.2) is 62.9 Å². The van der Waals surface area contributed by atoms with Crippen molar-refractivity contribution in [2.24, 2.45) is 0 Å². The molecule has 0 bridgehead atoms. The summed E-state index contributed by atoms with van der Waals surface area (Å²) >= 11 is 0. The molecule has 0 spiro atoms. The Bertz CT molecular complexity index is 1040. The number of carbonyl (C=O) groups is 1. The highest BCUT2D eigenvalue weighted by atomic mass is 32.2. The van der Waals surface area contributed by atoms with Crippen molar-refractivity contribution < 1.29 is 22.7 Å². The third-order valence-electron chi connectivity index (χ3n) is 5.28. The molecule has 0 unspecified atom stereocenters. The number of hydrogen-bond acceptors (Lipinski definition) is 5. The molecule has 2 aromatic rings. The Labute approximate surface area is 170 Å². The summed E-state index contributed by atoms with van der Waals surface area (Å²) in [7, 11) is -3.58. The quantitative estimate of drug-likeness (QED) is 0.767. The van der Waals surface area contributed by atoms with Crippen molar-refractivity contribution in [2.45, 2.75) is 18.7 Å². The van der Waals surface area contributed by atoms with Crippen LogP contribution in [0, 0.1) is 13.8 Å². The molecule has 0 atom stereocenters. The maximum atomic E-state index is 13.1. The minimum absolute atomic E-state index is 0.134. The van der Waals surface area contributed by atoms with Crippen LogP contribution in [0.2, 0.25) is 0 Å². The molecule has 4 rings (SSSR count). The summed E-state index contributed by atoms with van der Waals surface area (Å²) in [5, 5.41) is 0. The Balaban J connectivity index is 1.46. The number of amides is 1. The first kappa shape index (κ1) is 19.7. The standard InChI is InChI=1S/C21H24N2O5S/c1-15-3-4-16(2)20(13-15)29(25,26)23-9-7-22(8-10-23)21(24)17-5-6-18-19(14-17)28-12-11-27-18/h3-6,13-14H,7-12H2,1-2H3. The zero-order valence-corrected chi connectivity index (χ0v) is 17.4. The van der Waals surface area contributed by atoms with Crippen molar-refractivity contribution in [1.29, 1.82) is 0 Å². The number of ether oxygens (including phenoxy) is 2. The zero-order chi connectivity index (χ0) is 20.6. The second-order valence-corrected chi connectivity index (χ2v) is 9.23. The molecule has 8 heteroatoms. The summed E-state index contributed by atoms with van der Waals surface area (Å²) in [6.45, 7) is 5.86. The number of nitrogens with zero attached hydrogens (tertiary/aromatic N) is 2. The van der Waals surface area contributed by atoms with Gasteiger partial charge in [-0.1, -0.05) is 12.1 Å². The molecule has 0 N–H and O–H groups in total. The third kappa shape index (κ3) is 3.82. The molecule has 29 heavy (non-hydrogen) atoms. The molecule has 0 radical (unpaired) electrons. The van der Waals surface area contributed by atoms with E-state index in [2.05, 4.69) is 0 Å². The topological polar surface area (TPSA) is 76.2 Å². The van der Waals surface area contributed by atoms with E-state index in [-0.39, 0.29) is 19.0 Å². The molecule has 0 aliphatic carbocycles.